The predicted molar refractivity (Wildman–Crippen MR) is 122 cm³/mol. The first-order valence-corrected chi connectivity index (χ1v) is 11.4. The van der Waals surface area contributed by atoms with Crippen molar-refractivity contribution in [1.29, 1.82) is 5.26 Å². The number of hydrogen-bond donors (Lipinski definition) is 0. The summed E-state index contributed by atoms with van der Waals surface area (Å²) in [7, 11) is 2.18. The fourth-order valence-corrected chi connectivity index (χ4v) is 4.34. The van der Waals surface area contributed by atoms with E-state index < -0.39 is 11.3 Å². The summed E-state index contributed by atoms with van der Waals surface area (Å²) in [4.78, 5) is 2.41. The van der Waals surface area contributed by atoms with E-state index in [0.717, 1.165) is 31.4 Å². The molecule has 4 rings (SSSR count). The Morgan fingerprint density at radius 2 is 1.55 bits per heavy atom. The van der Waals surface area contributed by atoms with Gasteiger partial charge in [0.2, 0.25) is 0 Å². The van der Waals surface area contributed by atoms with E-state index in [1.807, 2.05) is 24.3 Å². The van der Waals surface area contributed by atoms with Gasteiger partial charge >= 0.3 is 0 Å². The SMILES string of the molecule is CC#N.CCC(CCc1ccc(C2(F)CC2)c(C2(F)CC2)c1)N(C)Cc1ccccc1. The van der Waals surface area contributed by atoms with E-state index >= 15 is 0 Å². The van der Waals surface area contributed by atoms with Crippen molar-refractivity contribution in [2.24, 2.45) is 0 Å². The number of nitrogens with zero attached hydrogens (tertiary/aromatic N) is 2. The zero-order valence-electron chi connectivity index (χ0n) is 19.0. The highest BCUT2D eigenvalue weighted by molar-refractivity contribution is 5.44. The fraction of sp³-hybridized carbons (Fsp3) is 0.519. The van der Waals surface area contributed by atoms with E-state index in [9.17, 15) is 8.78 Å². The molecule has 0 bridgehead atoms. The summed E-state index contributed by atoms with van der Waals surface area (Å²) >= 11 is 0. The Balaban J connectivity index is 0.000000858. The molecule has 2 aromatic rings. The first-order chi connectivity index (χ1) is 14.8. The molecule has 0 saturated heterocycles. The molecule has 0 radical (unpaired) electrons. The van der Waals surface area contributed by atoms with Gasteiger partial charge < -0.3 is 0 Å². The summed E-state index contributed by atoms with van der Waals surface area (Å²) in [6.07, 6.45) is 5.16. The molecule has 2 aliphatic rings. The van der Waals surface area contributed by atoms with Crippen LogP contribution in [0.4, 0.5) is 8.78 Å². The van der Waals surface area contributed by atoms with Crippen molar-refractivity contribution >= 4 is 0 Å². The molecule has 4 heteroatoms. The first kappa shape index (κ1) is 23.4. The average molecular weight is 425 g/mol. The minimum absolute atomic E-state index is 0.472. The van der Waals surface area contributed by atoms with E-state index in [0.29, 0.717) is 42.9 Å². The highest BCUT2D eigenvalue weighted by Gasteiger charge is 2.53. The van der Waals surface area contributed by atoms with Gasteiger partial charge in [0.05, 0.1) is 6.07 Å². The average Bonchev–Trinajstić information content (AvgIpc) is 3.69. The van der Waals surface area contributed by atoms with Gasteiger partial charge in [-0.1, -0.05) is 55.5 Å². The molecule has 0 aromatic heterocycles. The van der Waals surface area contributed by atoms with Gasteiger partial charge in [-0.05, 0) is 74.2 Å². The lowest BCUT2D eigenvalue weighted by atomic mass is 9.92. The predicted octanol–water partition coefficient (Wildman–Crippen LogP) is 6.98. The summed E-state index contributed by atoms with van der Waals surface area (Å²) in [5.41, 5.74) is 1.16. The van der Waals surface area contributed by atoms with Crippen LogP contribution in [-0.2, 0) is 24.3 Å². The summed E-state index contributed by atoms with van der Waals surface area (Å²) in [5, 5.41) is 7.32. The highest BCUT2D eigenvalue weighted by Crippen LogP contribution is 2.58. The standard InChI is InChI=1S/C25H31F2N.C2H3N/c1-3-21(28(2)18-20-7-5-4-6-8-20)11-9-19-10-12-22(24(26)13-14-24)23(17-19)25(27)15-16-25;1-2-3/h4-8,10,12,17,21H,3,9,11,13-16,18H2,1-2H3;1H3. The van der Waals surface area contributed by atoms with Crippen molar-refractivity contribution in [1.82, 2.24) is 4.90 Å². The fourth-order valence-electron chi connectivity index (χ4n) is 4.34. The molecule has 0 spiro atoms. The molecule has 2 aromatic carbocycles. The molecule has 31 heavy (non-hydrogen) atoms. The van der Waals surface area contributed by atoms with Gasteiger partial charge in [-0.25, -0.2) is 8.78 Å². The third kappa shape index (κ3) is 5.92. The second-order valence-corrected chi connectivity index (χ2v) is 9.04. The van der Waals surface area contributed by atoms with Crippen molar-refractivity contribution in [2.75, 3.05) is 7.05 Å². The Morgan fingerprint density at radius 3 is 2.10 bits per heavy atom. The van der Waals surface area contributed by atoms with Gasteiger partial charge in [0.15, 0.2) is 0 Å². The maximum atomic E-state index is 14.9. The Morgan fingerprint density at radius 1 is 0.968 bits per heavy atom. The van der Waals surface area contributed by atoms with Crippen LogP contribution in [0.25, 0.3) is 0 Å². The van der Waals surface area contributed by atoms with Crippen LogP contribution in [-0.4, -0.2) is 18.0 Å². The molecule has 1 unspecified atom stereocenters. The molecule has 0 heterocycles. The van der Waals surface area contributed by atoms with Crippen molar-refractivity contribution < 1.29 is 8.78 Å². The minimum atomic E-state index is -1.28. The van der Waals surface area contributed by atoms with Gasteiger partial charge in [0.25, 0.3) is 0 Å². The van der Waals surface area contributed by atoms with Crippen molar-refractivity contribution in [3.63, 3.8) is 0 Å². The van der Waals surface area contributed by atoms with Crippen molar-refractivity contribution in [3.05, 3.63) is 70.8 Å². The third-order valence-corrected chi connectivity index (χ3v) is 6.56. The van der Waals surface area contributed by atoms with E-state index in [1.54, 1.807) is 6.07 Å². The molecule has 2 aliphatic carbocycles. The van der Waals surface area contributed by atoms with Gasteiger partial charge in [0.1, 0.15) is 11.3 Å². The molecule has 2 saturated carbocycles. The second kappa shape index (κ2) is 9.92. The summed E-state index contributed by atoms with van der Waals surface area (Å²) in [6, 6.07) is 18.6. The lowest BCUT2D eigenvalue weighted by Gasteiger charge is -2.27. The van der Waals surface area contributed by atoms with Crippen molar-refractivity contribution in [3.8, 4) is 6.07 Å². The maximum Gasteiger partial charge on any atom is 0.136 e. The third-order valence-electron chi connectivity index (χ3n) is 6.56. The highest BCUT2D eigenvalue weighted by atomic mass is 19.1. The lowest BCUT2D eigenvalue weighted by Crippen LogP contribution is -2.31. The number of alkyl halides is 2. The second-order valence-electron chi connectivity index (χ2n) is 9.04. The monoisotopic (exact) mass is 424 g/mol. The first-order valence-electron chi connectivity index (χ1n) is 11.4. The summed E-state index contributed by atoms with van der Waals surface area (Å²) in [6.45, 7) is 4.59. The van der Waals surface area contributed by atoms with Crippen LogP contribution < -0.4 is 0 Å². The van der Waals surface area contributed by atoms with Gasteiger partial charge in [-0.2, -0.15) is 5.26 Å². The van der Waals surface area contributed by atoms with Crippen LogP contribution in [0.15, 0.2) is 48.5 Å². The number of rotatable bonds is 9. The van der Waals surface area contributed by atoms with Crippen LogP contribution >= 0.6 is 0 Å². The number of halogens is 2. The maximum absolute atomic E-state index is 14.9. The van der Waals surface area contributed by atoms with Crippen LogP contribution in [0.2, 0.25) is 0 Å². The Hall–Kier alpha value is -2.25. The van der Waals surface area contributed by atoms with Crippen LogP contribution in [0.1, 0.15) is 74.6 Å². The number of aryl methyl sites for hydroxylation is 1. The van der Waals surface area contributed by atoms with Crippen LogP contribution in [0, 0.1) is 11.3 Å². The Bertz CT molecular complexity index is 895. The quantitative estimate of drug-likeness (QED) is 0.434. The molecule has 1 atom stereocenters. The van der Waals surface area contributed by atoms with Crippen LogP contribution in [0.5, 0.6) is 0 Å². The Labute approximate surface area is 185 Å². The lowest BCUT2D eigenvalue weighted by molar-refractivity contribution is 0.216. The largest absolute Gasteiger partial charge is 0.299 e. The van der Waals surface area contributed by atoms with Crippen molar-refractivity contribution in [2.45, 2.75) is 82.7 Å². The normalized spacial score (nSPS) is 18.5. The smallest absolute Gasteiger partial charge is 0.136 e. The van der Waals surface area contributed by atoms with Crippen LogP contribution in [0.3, 0.4) is 0 Å². The molecular formula is C27H34F2N2. The molecular weight excluding hydrogens is 390 g/mol. The molecule has 2 nitrogen and oxygen atoms in total. The van der Waals surface area contributed by atoms with E-state index in [2.05, 4.69) is 43.1 Å². The van der Waals surface area contributed by atoms with Gasteiger partial charge in [0, 0.05) is 19.5 Å². The Kier molecular flexibility index (Phi) is 7.49. The van der Waals surface area contributed by atoms with Gasteiger partial charge in [-0.3, -0.25) is 4.90 Å². The van der Waals surface area contributed by atoms with E-state index in [1.165, 1.54) is 12.5 Å². The molecule has 0 aliphatic heterocycles. The van der Waals surface area contributed by atoms with E-state index in [-0.39, 0.29) is 0 Å². The summed E-state index contributed by atoms with van der Waals surface area (Å²) < 4.78 is 29.6. The number of nitriles is 1. The topological polar surface area (TPSA) is 27.0 Å². The number of hydrogen-bond acceptors (Lipinski definition) is 2. The zero-order chi connectivity index (χ0) is 22.5. The molecule has 0 amide bonds. The molecule has 0 N–H and O–H groups in total. The minimum Gasteiger partial charge on any atom is -0.299 e. The zero-order valence-corrected chi connectivity index (χ0v) is 19.0. The van der Waals surface area contributed by atoms with E-state index in [4.69, 9.17) is 5.26 Å². The molecule has 166 valence electrons. The summed E-state index contributed by atoms with van der Waals surface area (Å²) in [5.74, 6) is 0. The number of benzene rings is 2. The van der Waals surface area contributed by atoms with Gasteiger partial charge in [-0.15, -0.1) is 0 Å². The molecule has 2 fully saturated rings.